The minimum Gasteiger partial charge on any atom is -0.386 e. The Morgan fingerprint density at radius 3 is 1.97 bits per heavy atom. The zero-order valence-corrected chi connectivity index (χ0v) is 20.8. The quantitative estimate of drug-likeness (QED) is 0.401. The summed E-state index contributed by atoms with van der Waals surface area (Å²) < 4.78 is 83.1. The first-order valence-electron chi connectivity index (χ1n) is 10.7. The summed E-state index contributed by atoms with van der Waals surface area (Å²) in [6.45, 7) is 16.1. The maximum absolute atomic E-state index is 13.8. The summed E-state index contributed by atoms with van der Waals surface area (Å²) >= 11 is 1.33. The average molecular weight is 495 g/mol. The first kappa shape index (κ1) is 27.5. The molecule has 0 aliphatic carbocycles. The third-order valence-corrected chi connectivity index (χ3v) is 7.17. The number of benzene rings is 1. The van der Waals surface area contributed by atoms with Gasteiger partial charge in [0.05, 0.1) is 0 Å². The summed E-state index contributed by atoms with van der Waals surface area (Å²) in [6.07, 6.45) is -11.0. The highest BCUT2D eigenvalue weighted by molar-refractivity contribution is 8.09. The van der Waals surface area contributed by atoms with E-state index in [0.717, 1.165) is 12.1 Å². The summed E-state index contributed by atoms with van der Waals surface area (Å²) in [4.78, 5) is 0.603. The largest absolute Gasteiger partial charge is 0.406 e. The summed E-state index contributed by atoms with van der Waals surface area (Å²) in [6, 6.07) is 3.74. The van der Waals surface area contributed by atoms with E-state index in [9.17, 15) is 26.3 Å². The average Bonchev–Trinajstić information content (AvgIpc) is 3.04. The molecular formula is C24H32F6N2S. The monoisotopic (exact) mass is 494 g/mol. The molecular weight excluding hydrogens is 462 g/mol. The molecule has 0 saturated carbocycles. The fraction of sp³-hybridized carbons (Fsp3) is 0.583. The van der Waals surface area contributed by atoms with Crippen molar-refractivity contribution >= 4 is 16.7 Å². The van der Waals surface area contributed by atoms with Crippen LogP contribution in [-0.4, -0.2) is 24.3 Å². The van der Waals surface area contributed by atoms with Gasteiger partial charge in [0.1, 0.15) is 5.37 Å². The van der Waals surface area contributed by atoms with Crippen LogP contribution in [0.1, 0.15) is 65.2 Å². The van der Waals surface area contributed by atoms with E-state index in [0.29, 0.717) is 39.9 Å². The third kappa shape index (κ3) is 5.66. The van der Waals surface area contributed by atoms with Gasteiger partial charge in [0.15, 0.2) is 5.41 Å². The minimum atomic E-state index is -5.51. The van der Waals surface area contributed by atoms with Crippen molar-refractivity contribution in [2.45, 2.75) is 77.0 Å². The molecule has 0 fully saturated rings. The fourth-order valence-electron chi connectivity index (χ4n) is 3.34. The van der Waals surface area contributed by atoms with E-state index in [1.165, 1.54) is 11.8 Å². The van der Waals surface area contributed by atoms with Crippen molar-refractivity contribution in [3.8, 4) is 0 Å². The van der Waals surface area contributed by atoms with Gasteiger partial charge in [-0.15, -0.1) is 0 Å². The van der Waals surface area contributed by atoms with Crippen molar-refractivity contribution in [1.82, 2.24) is 10.6 Å². The molecule has 0 spiro atoms. The first-order valence-corrected chi connectivity index (χ1v) is 11.5. The molecule has 1 aliphatic rings. The summed E-state index contributed by atoms with van der Waals surface area (Å²) in [5.41, 5.74) is -3.37. The smallest absolute Gasteiger partial charge is 0.386 e. The normalized spacial score (nSPS) is 18.1. The predicted octanol–water partition coefficient (Wildman–Crippen LogP) is 7.48. The van der Waals surface area contributed by atoms with E-state index in [2.05, 4.69) is 17.2 Å². The second-order valence-electron chi connectivity index (χ2n) is 10.1. The van der Waals surface area contributed by atoms with Gasteiger partial charge in [-0.2, -0.15) is 26.3 Å². The molecule has 2 rings (SSSR count). The van der Waals surface area contributed by atoms with Gasteiger partial charge in [-0.25, -0.2) is 0 Å². The van der Waals surface area contributed by atoms with Crippen molar-refractivity contribution in [3.05, 3.63) is 52.9 Å². The number of allylic oxidation sites excluding steroid dienone is 1. The molecule has 186 valence electrons. The van der Waals surface area contributed by atoms with Gasteiger partial charge in [0.25, 0.3) is 0 Å². The maximum atomic E-state index is 13.8. The first-order chi connectivity index (χ1) is 14.8. The van der Waals surface area contributed by atoms with Crippen LogP contribution in [0.25, 0.3) is 4.91 Å². The van der Waals surface area contributed by atoms with Crippen LogP contribution >= 0.6 is 11.8 Å². The topological polar surface area (TPSA) is 24.1 Å². The maximum Gasteiger partial charge on any atom is 0.406 e. The predicted molar refractivity (Wildman–Crippen MR) is 124 cm³/mol. The van der Waals surface area contributed by atoms with Crippen molar-refractivity contribution < 1.29 is 26.3 Å². The van der Waals surface area contributed by atoms with Crippen LogP contribution in [0.4, 0.5) is 26.3 Å². The van der Waals surface area contributed by atoms with Crippen LogP contribution in [0, 0.1) is 5.92 Å². The van der Waals surface area contributed by atoms with Gasteiger partial charge in [-0.3, -0.25) is 0 Å². The van der Waals surface area contributed by atoms with E-state index in [4.69, 9.17) is 0 Å². The second-order valence-corrected chi connectivity index (χ2v) is 11.2. The van der Waals surface area contributed by atoms with Gasteiger partial charge >= 0.3 is 12.4 Å². The number of nitrogens with one attached hydrogen (secondary N) is 2. The lowest BCUT2D eigenvalue weighted by Gasteiger charge is -2.35. The number of alkyl halides is 6. The fourth-order valence-corrected chi connectivity index (χ4v) is 4.52. The molecule has 2 nitrogen and oxygen atoms in total. The summed E-state index contributed by atoms with van der Waals surface area (Å²) in [7, 11) is 0. The van der Waals surface area contributed by atoms with E-state index in [1.54, 1.807) is 33.8 Å². The zero-order chi connectivity index (χ0) is 25.6. The lowest BCUT2D eigenvalue weighted by atomic mass is 9.76. The Labute approximate surface area is 196 Å². The Balaban J connectivity index is 2.60. The molecule has 0 aromatic heterocycles. The van der Waals surface area contributed by atoms with Crippen molar-refractivity contribution in [2.75, 3.05) is 6.54 Å². The van der Waals surface area contributed by atoms with Gasteiger partial charge in [0, 0.05) is 22.8 Å². The molecule has 1 aromatic carbocycles. The molecule has 2 N–H and O–H groups in total. The Hall–Kier alpha value is -1.77. The van der Waals surface area contributed by atoms with Crippen LogP contribution in [0.5, 0.6) is 0 Å². The molecule has 33 heavy (non-hydrogen) atoms. The van der Waals surface area contributed by atoms with Gasteiger partial charge in [-0.05, 0) is 47.9 Å². The molecule has 9 heteroatoms. The molecule has 1 unspecified atom stereocenters. The SMILES string of the molecule is C=C(NCC(C)C)C1NC(C)=C(c2cc(C(C)(C)C)cc(C(C)(C(F)(F)F)C(F)(F)F)c2)S1. The van der Waals surface area contributed by atoms with Crippen LogP contribution in [0.15, 0.2) is 36.2 Å². The number of hydrogen-bond donors (Lipinski definition) is 2. The van der Waals surface area contributed by atoms with Crippen LogP contribution in [-0.2, 0) is 10.8 Å². The lowest BCUT2D eigenvalue weighted by Crippen LogP contribution is -2.51. The highest BCUT2D eigenvalue weighted by Crippen LogP contribution is 2.53. The number of rotatable bonds is 6. The summed E-state index contributed by atoms with van der Waals surface area (Å²) in [5.74, 6) is 0.384. The lowest BCUT2D eigenvalue weighted by molar-refractivity contribution is -0.297. The van der Waals surface area contributed by atoms with E-state index in [-0.39, 0.29) is 12.3 Å². The Bertz CT molecular complexity index is 908. The van der Waals surface area contributed by atoms with E-state index < -0.39 is 28.7 Å². The van der Waals surface area contributed by atoms with Crippen LogP contribution in [0.3, 0.4) is 0 Å². The van der Waals surface area contributed by atoms with Crippen molar-refractivity contribution in [2.24, 2.45) is 5.92 Å². The van der Waals surface area contributed by atoms with E-state index in [1.807, 2.05) is 13.8 Å². The minimum absolute atomic E-state index is 0.209. The summed E-state index contributed by atoms with van der Waals surface area (Å²) in [5, 5.41) is 6.18. The van der Waals surface area contributed by atoms with Gasteiger partial charge in [-0.1, -0.05) is 65.1 Å². The molecule has 1 aromatic rings. The van der Waals surface area contributed by atoms with Crippen LogP contribution in [0.2, 0.25) is 0 Å². The molecule has 1 aliphatic heterocycles. The number of halogens is 6. The molecule has 1 atom stereocenters. The molecule has 0 radical (unpaired) electrons. The van der Waals surface area contributed by atoms with Crippen LogP contribution < -0.4 is 10.6 Å². The number of thioether (sulfide) groups is 1. The Morgan fingerprint density at radius 2 is 1.52 bits per heavy atom. The Kier molecular flexibility index (Phi) is 7.59. The van der Waals surface area contributed by atoms with Gasteiger partial charge < -0.3 is 10.6 Å². The molecule has 0 saturated heterocycles. The second kappa shape index (κ2) is 9.12. The molecule has 1 heterocycles. The van der Waals surface area contributed by atoms with Gasteiger partial charge in [0.2, 0.25) is 0 Å². The highest BCUT2D eigenvalue weighted by Gasteiger charge is 2.68. The standard InChI is InChI=1S/C24H32F6N2S/c1-13(2)12-31-15(4)20-32-14(3)19(33-20)16-9-17(21(5,6)7)11-18(10-16)22(8,23(25,26)27)24(28,29)30/h9-11,13,20,31-32H,4,12H2,1-3,5-8H3. The highest BCUT2D eigenvalue weighted by atomic mass is 32.2. The van der Waals surface area contributed by atoms with Crippen molar-refractivity contribution in [1.29, 1.82) is 0 Å². The third-order valence-electron chi connectivity index (χ3n) is 5.75. The molecule has 0 bridgehead atoms. The van der Waals surface area contributed by atoms with Crippen molar-refractivity contribution in [3.63, 3.8) is 0 Å². The Morgan fingerprint density at radius 1 is 1.00 bits per heavy atom. The zero-order valence-electron chi connectivity index (χ0n) is 20.0. The van der Waals surface area contributed by atoms with E-state index >= 15 is 0 Å². The number of hydrogen-bond acceptors (Lipinski definition) is 3. The molecule has 0 amide bonds.